The molecule has 0 bridgehead atoms. The molecule has 0 aromatic heterocycles. The summed E-state index contributed by atoms with van der Waals surface area (Å²) in [5.74, 6) is 0.174. The lowest BCUT2D eigenvalue weighted by molar-refractivity contribution is -0.133. The van der Waals surface area contributed by atoms with Gasteiger partial charge in [-0.3, -0.25) is 9.69 Å². The summed E-state index contributed by atoms with van der Waals surface area (Å²) < 4.78 is 0. The number of rotatable bonds is 6. The monoisotopic (exact) mass is 339 g/mol. The van der Waals surface area contributed by atoms with Gasteiger partial charge in [0.25, 0.3) is 0 Å². The number of hydrogen-bond donors (Lipinski definition) is 1. The fourth-order valence-electron chi connectivity index (χ4n) is 3.22. The van der Waals surface area contributed by atoms with Crippen LogP contribution in [-0.4, -0.2) is 56.0 Å². The molecule has 0 aliphatic carbocycles. The number of nitrogens with one attached hydrogen (secondary N) is 1. The molecule has 1 fully saturated rings. The Morgan fingerprint density at radius 3 is 2.52 bits per heavy atom. The van der Waals surface area contributed by atoms with Gasteiger partial charge in [-0.1, -0.05) is 37.3 Å². The van der Waals surface area contributed by atoms with Crippen LogP contribution in [0.5, 0.6) is 0 Å². The maximum absolute atomic E-state index is 12.5. The fourth-order valence-corrected chi connectivity index (χ4v) is 3.22. The molecule has 1 N–H and O–H groups in total. The first-order valence-corrected chi connectivity index (χ1v) is 8.11. The molecule has 2 unspecified atom stereocenters. The maximum atomic E-state index is 12.5. The van der Waals surface area contributed by atoms with E-state index in [0.717, 1.165) is 19.6 Å². The highest BCUT2D eigenvalue weighted by Gasteiger charge is 2.30. The Hall–Kier alpha value is -1.10. The van der Waals surface area contributed by atoms with Crippen LogP contribution < -0.4 is 5.32 Å². The lowest BCUT2D eigenvalue weighted by Gasteiger charge is -2.31. The SMILES string of the molecule is CC(c1ccccc1)N(C)C(=O)CN(C)CC1(C)CCNC1.Cl. The highest BCUT2D eigenvalue weighted by molar-refractivity contribution is 5.85. The number of amides is 1. The highest BCUT2D eigenvalue weighted by atomic mass is 35.5. The number of nitrogens with zero attached hydrogens (tertiary/aromatic N) is 2. The molecular weight excluding hydrogens is 310 g/mol. The number of hydrogen-bond acceptors (Lipinski definition) is 3. The summed E-state index contributed by atoms with van der Waals surface area (Å²) in [6, 6.07) is 10.3. The maximum Gasteiger partial charge on any atom is 0.236 e. The number of carbonyl (C=O) groups is 1. The van der Waals surface area contributed by atoms with Gasteiger partial charge in [0.15, 0.2) is 0 Å². The van der Waals surface area contributed by atoms with Crippen molar-refractivity contribution in [3.63, 3.8) is 0 Å². The van der Waals surface area contributed by atoms with Crippen molar-refractivity contribution in [3.8, 4) is 0 Å². The Balaban J connectivity index is 0.00000264. The first-order chi connectivity index (χ1) is 10.4. The van der Waals surface area contributed by atoms with Crippen LogP contribution in [0.3, 0.4) is 0 Å². The van der Waals surface area contributed by atoms with E-state index in [1.165, 1.54) is 12.0 Å². The molecule has 1 aliphatic heterocycles. The summed E-state index contributed by atoms with van der Waals surface area (Å²) in [4.78, 5) is 16.5. The number of carbonyl (C=O) groups excluding carboxylic acids is 1. The molecule has 4 nitrogen and oxygen atoms in total. The van der Waals surface area contributed by atoms with E-state index in [-0.39, 0.29) is 24.4 Å². The van der Waals surface area contributed by atoms with Gasteiger partial charge in [-0.2, -0.15) is 0 Å². The molecule has 0 radical (unpaired) electrons. The summed E-state index contributed by atoms with van der Waals surface area (Å²) in [5.41, 5.74) is 1.46. The van der Waals surface area contributed by atoms with E-state index < -0.39 is 0 Å². The molecule has 1 aromatic rings. The summed E-state index contributed by atoms with van der Waals surface area (Å²) in [6.45, 7) is 7.94. The molecule has 2 rings (SSSR count). The van der Waals surface area contributed by atoms with Crippen molar-refractivity contribution in [2.24, 2.45) is 5.41 Å². The number of benzene rings is 1. The molecule has 1 heterocycles. The van der Waals surface area contributed by atoms with Crippen molar-refractivity contribution in [1.82, 2.24) is 15.1 Å². The van der Waals surface area contributed by atoms with Crippen LogP contribution in [0.4, 0.5) is 0 Å². The topological polar surface area (TPSA) is 35.6 Å². The minimum absolute atomic E-state index is 0. The zero-order chi connectivity index (χ0) is 16.2. The average molecular weight is 340 g/mol. The van der Waals surface area contributed by atoms with E-state index >= 15 is 0 Å². The van der Waals surface area contributed by atoms with Gasteiger partial charge < -0.3 is 10.2 Å². The van der Waals surface area contributed by atoms with Crippen molar-refractivity contribution in [3.05, 3.63) is 35.9 Å². The van der Waals surface area contributed by atoms with Crippen molar-refractivity contribution < 1.29 is 4.79 Å². The van der Waals surface area contributed by atoms with Gasteiger partial charge in [0, 0.05) is 20.1 Å². The van der Waals surface area contributed by atoms with Gasteiger partial charge in [0.1, 0.15) is 0 Å². The second-order valence-electron chi connectivity index (χ2n) is 7.00. The third kappa shape index (κ3) is 5.48. The third-order valence-corrected chi connectivity index (χ3v) is 4.77. The Kier molecular flexibility index (Phi) is 7.52. The third-order valence-electron chi connectivity index (χ3n) is 4.77. The number of likely N-dealkylation sites (N-methyl/N-ethyl adjacent to an activating group) is 2. The van der Waals surface area contributed by atoms with Crippen LogP contribution >= 0.6 is 12.4 Å². The zero-order valence-electron chi connectivity index (χ0n) is 14.7. The van der Waals surface area contributed by atoms with Gasteiger partial charge in [0.05, 0.1) is 12.6 Å². The molecule has 1 aliphatic rings. The van der Waals surface area contributed by atoms with Crippen molar-refractivity contribution >= 4 is 18.3 Å². The Bertz CT molecular complexity index is 488. The molecule has 0 spiro atoms. The molecule has 2 atom stereocenters. The predicted octanol–water partition coefficient (Wildman–Crippen LogP) is 2.56. The smallest absolute Gasteiger partial charge is 0.236 e. The first kappa shape index (κ1) is 19.9. The average Bonchev–Trinajstić information content (AvgIpc) is 2.92. The van der Waals surface area contributed by atoms with E-state index in [0.29, 0.717) is 12.0 Å². The van der Waals surface area contributed by atoms with Crippen LogP contribution in [0.25, 0.3) is 0 Å². The first-order valence-electron chi connectivity index (χ1n) is 8.11. The second kappa shape index (κ2) is 8.67. The van der Waals surface area contributed by atoms with Gasteiger partial charge in [-0.05, 0) is 37.9 Å². The second-order valence-corrected chi connectivity index (χ2v) is 7.00. The highest BCUT2D eigenvalue weighted by Crippen LogP contribution is 2.25. The lowest BCUT2D eigenvalue weighted by Crippen LogP contribution is -2.42. The molecule has 130 valence electrons. The van der Waals surface area contributed by atoms with E-state index in [4.69, 9.17) is 0 Å². The van der Waals surface area contributed by atoms with Crippen LogP contribution in [0, 0.1) is 5.41 Å². The molecular formula is C18H30ClN3O. The fraction of sp³-hybridized carbons (Fsp3) is 0.611. The van der Waals surface area contributed by atoms with Crippen molar-refractivity contribution in [1.29, 1.82) is 0 Å². The van der Waals surface area contributed by atoms with Crippen LogP contribution in [0.1, 0.15) is 31.9 Å². The van der Waals surface area contributed by atoms with Gasteiger partial charge in [0.2, 0.25) is 5.91 Å². The van der Waals surface area contributed by atoms with Crippen molar-refractivity contribution in [2.45, 2.75) is 26.3 Å². The Morgan fingerprint density at radius 2 is 1.96 bits per heavy atom. The van der Waals surface area contributed by atoms with E-state index in [1.807, 2.05) is 37.2 Å². The van der Waals surface area contributed by atoms with E-state index in [2.05, 4.69) is 36.2 Å². The molecule has 1 amide bonds. The summed E-state index contributed by atoms with van der Waals surface area (Å²) in [6.07, 6.45) is 1.18. The summed E-state index contributed by atoms with van der Waals surface area (Å²) in [7, 11) is 3.94. The van der Waals surface area contributed by atoms with Gasteiger partial charge in [-0.25, -0.2) is 0 Å². The molecule has 0 saturated carbocycles. The predicted molar refractivity (Wildman–Crippen MR) is 98.0 cm³/mol. The quantitative estimate of drug-likeness (QED) is 0.865. The van der Waals surface area contributed by atoms with Gasteiger partial charge >= 0.3 is 0 Å². The van der Waals surface area contributed by atoms with Crippen molar-refractivity contribution in [2.75, 3.05) is 40.3 Å². The largest absolute Gasteiger partial charge is 0.338 e. The Labute approximate surface area is 146 Å². The molecule has 5 heteroatoms. The van der Waals surface area contributed by atoms with E-state index in [1.54, 1.807) is 0 Å². The van der Waals surface area contributed by atoms with Crippen LogP contribution in [0.15, 0.2) is 30.3 Å². The standard InChI is InChI=1S/C18H29N3O.ClH/c1-15(16-8-6-5-7-9-16)21(4)17(22)12-20(3)14-18(2)10-11-19-13-18;/h5-9,15,19H,10-14H2,1-4H3;1H. The van der Waals surface area contributed by atoms with Crippen LogP contribution in [0.2, 0.25) is 0 Å². The summed E-state index contributed by atoms with van der Waals surface area (Å²) in [5, 5.41) is 3.41. The number of halogens is 1. The van der Waals surface area contributed by atoms with E-state index in [9.17, 15) is 4.79 Å². The minimum atomic E-state index is 0. The minimum Gasteiger partial charge on any atom is -0.338 e. The molecule has 1 aromatic carbocycles. The Morgan fingerprint density at radius 1 is 1.30 bits per heavy atom. The normalized spacial score (nSPS) is 21.8. The van der Waals surface area contributed by atoms with Crippen LogP contribution in [-0.2, 0) is 4.79 Å². The summed E-state index contributed by atoms with van der Waals surface area (Å²) >= 11 is 0. The molecule has 23 heavy (non-hydrogen) atoms. The zero-order valence-corrected chi connectivity index (χ0v) is 15.5. The van der Waals surface area contributed by atoms with Gasteiger partial charge in [-0.15, -0.1) is 12.4 Å². The lowest BCUT2D eigenvalue weighted by atomic mass is 9.89. The molecule has 1 saturated heterocycles.